The largest absolute Gasteiger partial charge is 0.573 e. The van der Waals surface area contributed by atoms with E-state index >= 15 is 0 Å². The summed E-state index contributed by atoms with van der Waals surface area (Å²) in [5.41, 5.74) is 0.129. The highest BCUT2D eigenvalue weighted by Crippen LogP contribution is 2.31. The molecule has 1 aromatic rings. The number of benzene rings is 1. The van der Waals surface area contributed by atoms with Crippen molar-refractivity contribution in [1.82, 2.24) is 4.90 Å². The molecule has 1 saturated carbocycles. The lowest BCUT2D eigenvalue weighted by Crippen LogP contribution is -2.45. The Hall–Kier alpha value is -1.48. The van der Waals surface area contributed by atoms with Gasteiger partial charge in [-0.2, -0.15) is 13.2 Å². The highest BCUT2D eigenvalue weighted by Gasteiger charge is 2.40. The van der Waals surface area contributed by atoms with Gasteiger partial charge in [0, 0.05) is 24.7 Å². The van der Waals surface area contributed by atoms with Crippen molar-refractivity contribution in [2.75, 3.05) is 6.54 Å². The zero-order valence-corrected chi connectivity index (χ0v) is 14.0. The molecule has 0 spiro atoms. The van der Waals surface area contributed by atoms with E-state index in [9.17, 15) is 31.4 Å². The number of nitrogens with zero attached hydrogens (tertiary/aromatic N) is 1. The first kappa shape index (κ1) is 20.8. The van der Waals surface area contributed by atoms with Gasteiger partial charge in [0.25, 0.3) is 0 Å². The lowest BCUT2D eigenvalue weighted by atomic mass is 9.93. The summed E-state index contributed by atoms with van der Waals surface area (Å²) in [6.45, 7) is -0.849. The number of para-hydroxylation sites is 1. The van der Waals surface area contributed by atoms with Crippen molar-refractivity contribution < 1.29 is 36.2 Å². The molecule has 0 amide bonds. The SMILES string of the molecule is OC(CN(Cc1ccccc1OC(F)(F)F)C1CCCCC1)C(F)(F)F. The molecule has 1 aliphatic carbocycles. The molecular weight excluding hydrogens is 364 g/mol. The van der Waals surface area contributed by atoms with E-state index in [1.165, 1.54) is 23.1 Å². The average molecular weight is 385 g/mol. The number of hydrogen-bond donors (Lipinski definition) is 1. The molecular formula is C17H21F6NO2. The summed E-state index contributed by atoms with van der Waals surface area (Å²) < 4.78 is 79.9. The van der Waals surface area contributed by atoms with E-state index in [4.69, 9.17) is 0 Å². The number of hydrogen-bond acceptors (Lipinski definition) is 3. The molecule has 0 radical (unpaired) electrons. The van der Waals surface area contributed by atoms with Crippen LogP contribution in [-0.4, -0.2) is 41.2 Å². The minimum absolute atomic E-state index is 0.129. The van der Waals surface area contributed by atoms with Crippen molar-refractivity contribution in [2.45, 2.75) is 63.3 Å². The molecule has 0 bridgehead atoms. The second kappa shape index (κ2) is 8.47. The summed E-state index contributed by atoms with van der Waals surface area (Å²) in [5, 5.41) is 9.44. The van der Waals surface area contributed by atoms with Crippen molar-refractivity contribution in [2.24, 2.45) is 0 Å². The zero-order chi connectivity index (χ0) is 19.4. The van der Waals surface area contributed by atoms with Crippen LogP contribution in [-0.2, 0) is 6.54 Å². The molecule has 1 unspecified atom stereocenters. The van der Waals surface area contributed by atoms with Gasteiger partial charge in [0.2, 0.25) is 0 Å². The van der Waals surface area contributed by atoms with Crippen molar-refractivity contribution in [3.63, 3.8) is 0 Å². The third-order valence-corrected chi connectivity index (χ3v) is 4.45. The van der Waals surface area contributed by atoms with Crippen LogP contribution >= 0.6 is 0 Å². The number of aliphatic hydroxyl groups excluding tert-OH is 1. The predicted octanol–water partition coefficient (Wildman–Crippen LogP) is 4.64. The van der Waals surface area contributed by atoms with Gasteiger partial charge in [0.05, 0.1) is 0 Å². The molecule has 1 fully saturated rings. The Kier molecular flexibility index (Phi) is 6.79. The van der Waals surface area contributed by atoms with Crippen molar-refractivity contribution >= 4 is 0 Å². The van der Waals surface area contributed by atoms with Crippen LogP contribution in [0.4, 0.5) is 26.3 Å². The van der Waals surface area contributed by atoms with Gasteiger partial charge >= 0.3 is 12.5 Å². The molecule has 1 atom stereocenters. The highest BCUT2D eigenvalue weighted by molar-refractivity contribution is 5.33. The first-order valence-corrected chi connectivity index (χ1v) is 8.39. The zero-order valence-electron chi connectivity index (χ0n) is 14.0. The van der Waals surface area contributed by atoms with Crippen LogP contribution in [0.25, 0.3) is 0 Å². The van der Waals surface area contributed by atoms with Crippen LogP contribution in [0.3, 0.4) is 0 Å². The van der Waals surface area contributed by atoms with Crippen molar-refractivity contribution in [3.8, 4) is 5.75 Å². The Morgan fingerprint density at radius 3 is 2.23 bits per heavy atom. The highest BCUT2D eigenvalue weighted by atomic mass is 19.4. The first-order valence-electron chi connectivity index (χ1n) is 8.39. The molecule has 1 N–H and O–H groups in total. The summed E-state index contributed by atoms with van der Waals surface area (Å²) in [7, 11) is 0. The van der Waals surface area contributed by atoms with E-state index in [0.717, 1.165) is 25.3 Å². The van der Waals surface area contributed by atoms with Crippen molar-refractivity contribution in [1.29, 1.82) is 0 Å². The third kappa shape index (κ3) is 6.35. The summed E-state index contributed by atoms with van der Waals surface area (Å²) in [5.74, 6) is -0.442. The van der Waals surface area contributed by atoms with Gasteiger partial charge in [0.15, 0.2) is 6.10 Å². The molecule has 0 aliphatic heterocycles. The Labute approximate surface area is 147 Å². The summed E-state index contributed by atoms with van der Waals surface area (Å²) in [4.78, 5) is 1.41. The molecule has 0 heterocycles. The van der Waals surface area contributed by atoms with Crippen LogP contribution in [0.15, 0.2) is 24.3 Å². The fourth-order valence-corrected chi connectivity index (χ4v) is 3.19. The molecule has 148 valence electrons. The molecule has 9 heteroatoms. The summed E-state index contributed by atoms with van der Waals surface area (Å²) in [6, 6.07) is 5.15. The van der Waals surface area contributed by atoms with E-state index < -0.39 is 30.9 Å². The topological polar surface area (TPSA) is 32.7 Å². The molecule has 0 saturated heterocycles. The predicted molar refractivity (Wildman–Crippen MR) is 82.5 cm³/mol. The lowest BCUT2D eigenvalue weighted by molar-refractivity contribution is -0.275. The second-order valence-corrected chi connectivity index (χ2v) is 6.43. The number of aliphatic hydroxyl groups is 1. The molecule has 1 aromatic carbocycles. The second-order valence-electron chi connectivity index (χ2n) is 6.43. The summed E-state index contributed by atoms with van der Waals surface area (Å²) >= 11 is 0. The maximum Gasteiger partial charge on any atom is 0.573 e. The van der Waals surface area contributed by atoms with Gasteiger partial charge in [-0.05, 0) is 18.9 Å². The Morgan fingerprint density at radius 2 is 1.65 bits per heavy atom. The van der Waals surface area contributed by atoms with Crippen molar-refractivity contribution in [3.05, 3.63) is 29.8 Å². The minimum Gasteiger partial charge on any atom is -0.405 e. The smallest absolute Gasteiger partial charge is 0.405 e. The van der Waals surface area contributed by atoms with E-state index in [2.05, 4.69) is 4.74 Å². The normalized spacial score (nSPS) is 18.2. The molecule has 1 aliphatic rings. The van der Waals surface area contributed by atoms with E-state index in [1.807, 2.05) is 0 Å². The van der Waals surface area contributed by atoms with E-state index in [-0.39, 0.29) is 18.2 Å². The van der Waals surface area contributed by atoms with Gasteiger partial charge in [0.1, 0.15) is 5.75 Å². The quantitative estimate of drug-likeness (QED) is 0.724. The van der Waals surface area contributed by atoms with Gasteiger partial charge < -0.3 is 9.84 Å². The standard InChI is InChI=1S/C17H21F6NO2/c18-16(19,20)15(25)11-24(13-7-2-1-3-8-13)10-12-6-4-5-9-14(12)26-17(21,22)23/h4-6,9,13,15,25H,1-3,7-8,10-11H2. The monoisotopic (exact) mass is 385 g/mol. The Balaban J connectivity index is 2.20. The third-order valence-electron chi connectivity index (χ3n) is 4.45. The Morgan fingerprint density at radius 1 is 1.04 bits per heavy atom. The molecule has 0 aromatic heterocycles. The lowest BCUT2D eigenvalue weighted by Gasteiger charge is -2.36. The van der Waals surface area contributed by atoms with Crippen LogP contribution in [0, 0.1) is 0 Å². The average Bonchev–Trinajstić information content (AvgIpc) is 2.54. The fraction of sp³-hybridized carbons (Fsp3) is 0.647. The van der Waals surface area contributed by atoms with E-state index in [0.29, 0.717) is 12.8 Å². The molecule has 2 rings (SSSR count). The number of ether oxygens (including phenoxy) is 1. The van der Waals surface area contributed by atoms with Gasteiger partial charge in [-0.3, -0.25) is 4.90 Å². The van der Waals surface area contributed by atoms with Gasteiger partial charge in [-0.15, -0.1) is 13.2 Å². The summed E-state index contributed by atoms with van der Waals surface area (Å²) in [6.07, 6.45) is -8.29. The molecule has 3 nitrogen and oxygen atoms in total. The van der Waals surface area contributed by atoms with Crippen LogP contribution in [0.1, 0.15) is 37.7 Å². The van der Waals surface area contributed by atoms with Gasteiger partial charge in [-0.25, -0.2) is 0 Å². The van der Waals surface area contributed by atoms with E-state index in [1.54, 1.807) is 0 Å². The maximum atomic E-state index is 12.8. The maximum absolute atomic E-state index is 12.8. The fourth-order valence-electron chi connectivity index (χ4n) is 3.19. The van der Waals surface area contributed by atoms with Crippen LogP contribution in [0.5, 0.6) is 5.75 Å². The minimum atomic E-state index is -4.89. The van der Waals surface area contributed by atoms with Gasteiger partial charge in [-0.1, -0.05) is 37.5 Å². The first-order chi connectivity index (χ1) is 12.1. The molecule has 26 heavy (non-hydrogen) atoms. The van der Waals surface area contributed by atoms with Crippen LogP contribution < -0.4 is 4.74 Å². The number of alkyl halides is 6. The number of halogens is 6. The Bertz CT molecular complexity index is 569. The van der Waals surface area contributed by atoms with Crippen LogP contribution in [0.2, 0.25) is 0 Å². The number of rotatable bonds is 6.